The van der Waals surface area contributed by atoms with Crippen molar-refractivity contribution in [2.24, 2.45) is 0 Å². The lowest BCUT2D eigenvalue weighted by Crippen LogP contribution is -2.61. The molecule has 4 aliphatic heterocycles. The second-order valence-corrected chi connectivity index (χ2v) is 21.2. The second-order valence-electron chi connectivity index (χ2n) is 20.3. The molecule has 1 unspecified atom stereocenters. The smallest absolute Gasteiger partial charge is 0.408 e. The summed E-state index contributed by atoms with van der Waals surface area (Å²) in [4.78, 5) is 55.5. The number of carboxylic acid groups (broad SMARTS) is 1. The normalized spacial score (nSPS) is 19.8. The third kappa shape index (κ3) is 18.6. The predicted molar refractivity (Wildman–Crippen MR) is 263 cm³/mol. The largest absolute Gasteiger partial charge is 0.480 e. The van der Waals surface area contributed by atoms with Gasteiger partial charge in [-0.1, -0.05) is 60.3 Å². The van der Waals surface area contributed by atoms with Gasteiger partial charge in [-0.2, -0.15) is 0 Å². The van der Waals surface area contributed by atoms with Crippen molar-refractivity contribution in [2.45, 2.75) is 153 Å². The van der Waals surface area contributed by atoms with Crippen molar-refractivity contribution >= 4 is 47.3 Å². The zero-order valence-corrected chi connectivity index (χ0v) is 42.2. The van der Waals surface area contributed by atoms with Gasteiger partial charge in [-0.05, 0) is 168 Å². The van der Waals surface area contributed by atoms with Crippen LogP contribution in [-0.4, -0.2) is 154 Å². The Bertz CT molecular complexity index is 1830. The van der Waals surface area contributed by atoms with Crippen molar-refractivity contribution in [1.82, 2.24) is 30.7 Å². The van der Waals surface area contributed by atoms with E-state index in [9.17, 15) is 29.4 Å². The zero-order chi connectivity index (χ0) is 49.3. The SMILES string of the molecule is CC(C)(C)OC(=O)NC(Cc1ccc(Cl)cc1)C(=O)N1CCC(CO)(N2CCCCC2)CC1.CC(C)(C)OC(=O)N[C@H](Cc1ccc(Cl)cc1)C(=O)O.OCC1(N2CCCCC2)CCNCC1. The number of aliphatic hydroxyl groups is 2. The standard InChI is InChI=1S/C25H38ClN3O4.C14H18ClNO4.C11H22N2O/c1-24(2,3)33-23(32)27-21(17-19-7-9-20(26)10-8-19)22(31)28-15-11-25(18-30,12-16-28)29-13-5-4-6-14-29;1-14(2,3)20-13(19)16-11(12(17)18)8-9-4-6-10(15)7-5-9;14-10-11(4-6-12-7-5-11)13-8-2-1-3-9-13/h7-10,21,30H,4-6,11-18H2,1-3H3,(H,27,32);4-7,11H,8H2,1-3H3,(H,16,19)(H,17,18);12,14H,1-10H2/t;11-;/m.1./s1. The minimum Gasteiger partial charge on any atom is -0.480 e. The van der Waals surface area contributed by atoms with E-state index in [1.807, 2.05) is 17.0 Å². The van der Waals surface area contributed by atoms with E-state index >= 15 is 0 Å². The molecule has 2 atom stereocenters. The Morgan fingerprint density at radius 2 is 0.985 bits per heavy atom. The fourth-order valence-corrected chi connectivity index (χ4v) is 9.41. The monoisotopic (exact) mass is 977 g/mol. The molecule has 17 heteroatoms. The van der Waals surface area contributed by atoms with Gasteiger partial charge in [0, 0.05) is 47.1 Å². The van der Waals surface area contributed by atoms with Crippen LogP contribution in [0.5, 0.6) is 0 Å². The highest BCUT2D eigenvalue weighted by Gasteiger charge is 2.42. The molecule has 4 aliphatic rings. The molecule has 67 heavy (non-hydrogen) atoms. The summed E-state index contributed by atoms with van der Waals surface area (Å²) in [5.41, 5.74) is 0.209. The Kier molecular flexibility index (Phi) is 22.0. The quantitative estimate of drug-likeness (QED) is 0.127. The van der Waals surface area contributed by atoms with Gasteiger partial charge < -0.3 is 45.6 Å². The molecule has 0 radical (unpaired) electrons. The van der Waals surface area contributed by atoms with Crippen molar-refractivity contribution in [3.05, 3.63) is 69.7 Å². The number of carbonyl (C=O) groups is 4. The summed E-state index contributed by atoms with van der Waals surface area (Å²) in [7, 11) is 0. The Labute approximate surface area is 408 Å². The number of rotatable bonds is 12. The number of nitrogens with zero attached hydrogens (tertiary/aromatic N) is 3. The highest BCUT2D eigenvalue weighted by Crippen LogP contribution is 2.32. The maximum absolute atomic E-state index is 13.5. The van der Waals surface area contributed by atoms with Crippen molar-refractivity contribution in [3.8, 4) is 0 Å². The van der Waals surface area contributed by atoms with E-state index < -0.39 is 41.4 Å². The number of ether oxygens (including phenoxy) is 2. The first-order chi connectivity index (χ1) is 31.7. The van der Waals surface area contributed by atoms with Crippen LogP contribution in [-0.2, 0) is 31.9 Å². The van der Waals surface area contributed by atoms with E-state index in [4.69, 9.17) is 37.8 Å². The average Bonchev–Trinajstić information content (AvgIpc) is 3.30. The molecule has 15 nitrogen and oxygen atoms in total. The van der Waals surface area contributed by atoms with Gasteiger partial charge in [-0.3, -0.25) is 14.6 Å². The third-order valence-electron chi connectivity index (χ3n) is 12.9. The molecule has 6 rings (SSSR count). The lowest BCUT2D eigenvalue weighted by atomic mass is 9.84. The Balaban J connectivity index is 0.000000243. The average molecular weight is 978 g/mol. The van der Waals surface area contributed by atoms with E-state index in [-0.39, 0.29) is 30.0 Å². The van der Waals surface area contributed by atoms with Gasteiger partial charge in [0.05, 0.1) is 13.2 Å². The molecule has 0 aliphatic carbocycles. The summed E-state index contributed by atoms with van der Waals surface area (Å²) >= 11 is 11.8. The maximum atomic E-state index is 13.5. The first-order valence-corrected chi connectivity index (χ1v) is 24.8. The minimum absolute atomic E-state index is 0.111. The van der Waals surface area contributed by atoms with Crippen molar-refractivity contribution in [2.75, 3.05) is 65.6 Å². The molecule has 0 aromatic heterocycles. The number of halogens is 2. The zero-order valence-electron chi connectivity index (χ0n) is 40.7. The van der Waals surface area contributed by atoms with E-state index in [0.717, 1.165) is 75.8 Å². The predicted octanol–water partition coefficient (Wildman–Crippen LogP) is 7.06. The van der Waals surface area contributed by atoms with Crippen molar-refractivity contribution in [1.29, 1.82) is 0 Å². The van der Waals surface area contributed by atoms with Gasteiger partial charge in [0.2, 0.25) is 5.91 Å². The van der Waals surface area contributed by atoms with E-state index in [1.54, 1.807) is 77.9 Å². The van der Waals surface area contributed by atoms with Crippen molar-refractivity contribution in [3.63, 3.8) is 0 Å². The van der Waals surface area contributed by atoms with Gasteiger partial charge in [-0.15, -0.1) is 0 Å². The van der Waals surface area contributed by atoms with Crippen molar-refractivity contribution < 1.29 is 44.0 Å². The van der Waals surface area contributed by atoms with Crippen LogP contribution in [0.2, 0.25) is 10.0 Å². The number of likely N-dealkylation sites (tertiary alicyclic amines) is 3. The first kappa shape index (κ1) is 55.9. The molecular weight excluding hydrogens is 899 g/mol. The Morgan fingerprint density at radius 3 is 1.36 bits per heavy atom. The first-order valence-electron chi connectivity index (χ1n) is 24.1. The van der Waals surface area contributed by atoms with E-state index in [1.165, 1.54) is 38.8 Å². The van der Waals surface area contributed by atoms with Crippen LogP contribution in [0.15, 0.2) is 48.5 Å². The molecule has 2 aromatic carbocycles. The van der Waals surface area contributed by atoms with Crippen LogP contribution in [0.25, 0.3) is 0 Å². The van der Waals surface area contributed by atoms with Crippen LogP contribution in [0.4, 0.5) is 9.59 Å². The number of hydrogen-bond acceptors (Lipinski definition) is 11. The van der Waals surface area contributed by atoms with Crippen LogP contribution in [0.1, 0.15) is 117 Å². The highest BCUT2D eigenvalue weighted by atomic mass is 35.5. The number of piperidine rings is 4. The summed E-state index contributed by atoms with van der Waals surface area (Å²) in [5, 5.41) is 38.7. The summed E-state index contributed by atoms with van der Waals surface area (Å²) in [5.74, 6) is -1.24. The molecule has 3 amide bonds. The number of alkyl carbamates (subject to hydrolysis) is 2. The van der Waals surface area contributed by atoms with Gasteiger partial charge in [0.1, 0.15) is 23.3 Å². The number of aliphatic hydroxyl groups excluding tert-OH is 2. The number of hydrogen-bond donors (Lipinski definition) is 6. The number of carbonyl (C=O) groups excluding carboxylic acids is 3. The molecule has 0 saturated carbocycles. The Hall–Kier alpha value is -3.70. The molecular formula is C50H78Cl2N6O9. The lowest BCUT2D eigenvalue weighted by Gasteiger charge is -2.49. The summed E-state index contributed by atoms with van der Waals surface area (Å²) in [6.45, 7) is 18.6. The number of aliphatic carboxylic acids is 1. The maximum Gasteiger partial charge on any atom is 0.408 e. The van der Waals surface area contributed by atoms with E-state index in [2.05, 4.69) is 25.8 Å². The summed E-state index contributed by atoms with van der Waals surface area (Å²) < 4.78 is 10.5. The van der Waals surface area contributed by atoms with Gasteiger partial charge in [-0.25, -0.2) is 14.4 Å². The molecule has 4 heterocycles. The van der Waals surface area contributed by atoms with Crippen LogP contribution in [0, 0.1) is 0 Å². The number of nitrogens with one attached hydrogen (secondary N) is 3. The number of benzene rings is 2. The molecule has 376 valence electrons. The van der Waals surface area contributed by atoms with Gasteiger partial charge >= 0.3 is 18.2 Å². The van der Waals surface area contributed by atoms with Crippen LogP contribution in [0.3, 0.4) is 0 Å². The molecule has 4 fully saturated rings. The fourth-order valence-electron chi connectivity index (χ4n) is 9.15. The van der Waals surface area contributed by atoms with E-state index in [0.29, 0.717) is 36.2 Å². The van der Waals surface area contributed by atoms with Crippen LogP contribution < -0.4 is 16.0 Å². The second kappa shape index (κ2) is 26.3. The topological polar surface area (TPSA) is 193 Å². The minimum atomic E-state index is -1.12. The van der Waals surface area contributed by atoms with Crippen LogP contribution >= 0.6 is 23.2 Å². The molecule has 2 aromatic rings. The van der Waals surface area contributed by atoms with Gasteiger partial charge in [0.25, 0.3) is 0 Å². The highest BCUT2D eigenvalue weighted by molar-refractivity contribution is 6.30. The van der Waals surface area contributed by atoms with Gasteiger partial charge in [0.15, 0.2) is 0 Å². The lowest BCUT2D eigenvalue weighted by molar-refractivity contribution is -0.139. The fraction of sp³-hybridized carbons (Fsp3) is 0.680. The molecule has 4 saturated heterocycles. The summed E-state index contributed by atoms with van der Waals surface area (Å²) in [6, 6.07) is 12.3. The molecule has 0 spiro atoms. The Morgan fingerprint density at radius 1 is 0.612 bits per heavy atom. The number of amides is 3. The molecule has 6 N–H and O–H groups in total. The summed E-state index contributed by atoms with van der Waals surface area (Å²) in [6.07, 6.45) is 10.4. The number of carboxylic acids is 1. The third-order valence-corrected chi connectivity index (χ3v) is 13.4. The molecule has 0 bridgehead atoms.